The zero-order valence-electron chi connectivity index (χ0n) is 14.6. The molecule has 0 atom stereocenters. The average Bonchev–Trinajstić information content (AvgIpc) is 2.65. The van der Waals surface area contributed by atoms with Gasteiger partial charge in [-0.15, -0.1) is 0 Å². The number of rotatable bonds is 6. The second-order valence-corrected chi connectivity index (χ2v) is 7.66. The largest absolute Gasteiger partial charge is 0.492 e. The van der Waals surface area contributed by atoms with Crippen LogP contribution in [0.3, 0.4) is 0 Å². The van der Waals surface area contributed by atoms with Crippen LogP contribution in [0.5, 0.6) is 5.75 Å². The van der Waals surface area contributed by atoms with Crippen molar-refractivity contribution in [3.05, 3.63) is 63.1 Å². The molecule has 0 saturated carbocycles. The number of carbonyl (C=O) groups excluding carboxylic acids is 1. The summed E-state index contributed by atoms with van der Waals surface area (Å²) in [5, 5.41) is 4.62. The molecule has 2 aromatic rings. The maximum absolute atomic E-state index is 13.1. The molecule has 1 saturated heterocycles. The second-order valence-electron chi connectivity index (χ2n) is 6.38. The number of benzene rings is 2. The minimum absolute atomic E-state index is 0.0790. The van der Waals surface area contributed by atoms with Crippen molar-refractivity contribution in [2.75, 3.05) is 26.4 Å². The molecule has 1 amide bonds. The first-order valence-corrected chi connectivity index (χ1v) is 9.85. The minimum Gasteiger partial charge on any atom is -0.492 e. The van der Waals surface area contributed by atoms with E-state index in [4.69, 9.17) is 44.3 Å². The van der Waals surface area contributed by atoms with Crippen LogP contribution in [0.2, 0.25) is 15.1 Å². The molecule has 7 heteroatoms. The third-order valence-electron chi connectivity index (χ3n) is 4.68. The van der Waals surface area contributed by atoms with Gasteiger partial charge in [0.15, 0.2) is 0 Å². The first-order chi connectivity index (χ1) is 13.0. The molecule has 1 N–H and O–H groups in total. The van der Waals surface area contributed by atoms with E-state index < -0.39 is 5.41 Å². The number of ether oxygens (including phenoxy) is 2. The van der Waals surface area contributed by atoms with Crippen molar-refractivity contribution >= 4 is 40.7 Å². The van der Waals surface area contributed by atoms with Gasteiger partial charge in [0.1, 0.15) is 12.4 Å². The predicted molar refractivity (Wildman–Crippen MR) is 108 cm³/mol. The molecule has 27 heavy (non-hydrogen) atoms. The van der Waals surface area contributed by atoms with E-state index in [0.29, 0.717) is 60.0 Å². The van der Waals surface area contributed by atoms with Crippen LogP contribution < -0.4 is 10.1 Å². The van der Waals surface area contributed by atoms with Crippen molar-refractivity contribution in [2.45, 2.75) is 18.3 Å². The van der Waals surface area contributed by atoms with Gasteiger partial charge in [0.05, 0.1) is 12.0 Å². The molecule has 1 aliphatic heterocycles. The first kappa shape index (κ1) is 20.3. The molecular weight excluding hydrogens is 409 g/mol. The zero-order valence-corrected chi connectivity index (χ0v) is 16.9. The van der Waals surface area contributed by atoms with E-state index >= 15 is 0 Å². The Morgan fingerprint density at radius 3 is 2.52 bits per heavy atom. The summed E-state index contributed by atoms with van der Waals surface area (Å²) < 4.78 is 11.1. The summed E-state index contributed by atoms with van der Waals surface area (Å²) in [6, 6.07) is 12.4. The van der Waals surface area contributed by atoms with Gasteiger partial charge in [-0.25, -0.2) is 0 Å². The number of amides is 1. The first-order valence-electron chi connectivity index (χ1n) is 8.71. The SMILES string of the molecule is O=C(NCCOc1cccc(Cl)c1)C1(c2ccc(Cl)cc2Cl)CCOCC1. The standard InChI is InChI=1S/C20H20Cl3NO3/c21-14-2-1-3-16(12-14)27-11-8-24-19(25)20(6-9-26-10-7-20)17-5-4-15(22)13-18(17)23/h1-5,12-13H,6-11H2,(H,24,25). The van der Waals surface area contributed by atoms with E-state index in [1.54, 1.807) is 24.3 Å². The van der Waals surface area contributed by atoms with Crippen molar-refractivity contribution in [1.82, 2.24) is 5.32 Å². The van der Waals surface area contributed by atoms with E-state index in [1.165, 1.54) is 0 Å². The lowest BCUT2D eigenvalue weighted by atomic mass is 9.73. The third-order valence-corrected chi connectivity index (χ3v) is 5.46. The molecule has 1 aliphatic rings. The van der Waals surface area contributed by atoms with Gasteiger partial charge < -0.3 is 14.8 Å². The maximum atomic E-state index is 13.1. The minimum atomic E-state index is -0.726. The molecule has 1 fully saturated rings. The van der Waals surface area contributed by atoms with Crippen LogP contribution in [0.1, 0.15) is 18.4 Å². The third kappa shape index (κ3) is 4.88. The van der Waals surface area contributed by atoms with Crippen LogP contribution in [0.15, 0.2) is 42.5 Å². The molecule has 144 valence electrons. The monoisotopic (exact) mass is 427 g/mol. The molecule has 0 radical (unpaired) electrons. The predicted octanol–water partition coefficient (Wildman–Crippen LogP) is 4.89. The molecule has 3 rings (SSSR count). The van der Waals surface area contributed by atoms with Gasteiger partial charge in [-0.05, 0) is 48.7 Å². The molecule has 0 spiro atoms. The van der Waals surface area contributed by atoms with Gasteiger partial charge in [-0.2, -0.15) is 0 Å². The van der Waals surface area contributed by atoms with E-state index in [0.717, 1.165) is 5.56 Å². The number of carbonyl (C=O) groups is 1. The van der Waals surface area contributed by atoms with E-state index in [2.05, 4.69) is 5.32 Å². The molecular formula is C20H20Cl3NO3. The Morgan fingerprint density at radius 1 is 1.07 bits per heavy atom. The highest BCUT2D eigenvalue weighted by Crippen LogP contribution is 2.39. The van der Waals surface area contributed by atoms with Crippen LogP contribution in [0.25, 0.3) is 0 Å². The molecule has 0 aliphatic carbocycles. The highest BCUT2D eigenvalue weighted by atomic mass is 35.5. The Hall–Kier alpha value is -1.46. The van der Waals surface area contributed by atoms with Gasteiger partial charge in [0, 0.05) is 28.3 Å². The summed E-state index contributed by atoms with van der Waals surface area (Å²) >= 11 is 18.4. The van der Waals surface area contributed by atoms with Gasteiger partial charge in [0.2, 0.25) is 5.91 Å². The summed E-state index contributed by atoms with van der Waals surface area (Å²) in [4.78, 5) is 13.1. The highest BCUT2D eigenvalue weighted by Gasteiger charge is 2.42. The lowest BCUT2D eigenvalue weighted by Crippen LogP contribution is -2.49. The van der Waals surface area contributed by atoms with Gasteiger partial charge in [0.25, 0.3) is 0 Å². The summed E-state index contributed by atoms with van der Waals surface area (Å²) in [6.45, 7) is 1.73. The van der Waals surface area contributed by atoms with Gasteiger partial charge >= 0.3 is 0 Å². The quantitative estimate of drug-likeness (QED) is 0.666. The Balaban J connectivity index is 1.67. The summed E-state index contributed by atoms with van der Waals surface area (Å²) in [5.74, 6) is 0.586. The van der Waals surface area contributed by atoms with Crippen LogP contribution >= 0.6 is 34.8 Å². The molecule has 0 bridgehead atoms. The molecule has 1 heterocycles. The van der Waals surface area contributed by atoms with Crippen molar-refractivity contribution in [1.29, 1.82) is 0 Å². The van der Waals surface area contributed by atoms with Crippen LogP contribution in [-0.4, -0.2) is 32.3 Å². The van der Waals surface area contributed by atoms with Crippen LogP contribution in [0, 0.1) is 0 Å². The van der Waals surface area contributed by atoms with E-state index in [9.17, 15) is 4.79 Å². The Bertz CT molecular complexity index is 807. The topological polar surface area (TPSA) is 47.6 Å². The fourth-order valence-corrected chi connectivity index (χ4v) is 4.05. The number of hydrogen-bond acceptors (Lipinski definition) is 3. The fourth-order valence-electron chi connectivity index (χ4n) is 3.28. The molecule has 0 unspecified atom stereocenters. The molecule has 0 aromatic heterocycles. The van der Waals surface area contributed by atoms with Crippen molar-refractivity contribution in [2.24, 2.45) is 0 Å². The highest BCUT2D eigenvalue weighted by molar-refractivity contribution is 6.35. The normalized spacial score (nSPS) is 16.0. The lowest BCUT2D eigenvalue weighted by Gasteiger charge is -2.36. The number of hydrogen-bond donors (Lipinski definition) is 1. The van der Waals surface area contributed by atoms with Crippen molar-refractivity contribution in [3.8, 4) is 5.75 Å². The van der Waals surface area contributed by atoms with Crippen molar-refractivity contribution < 1.29 is 14.3 Å². The summed E-state index contributed by atoms with van der Waals surface area (Å²) in [6.07, 6.45) is 1.13. The molecule has 4 nitrogen and oxygen atoms in total. The van der Waals surface area contributed by atoms with Crippen LogP contribution in [-0.2, 0) is 14.9 Å². The maximum Gasteiger partial charge on any atom is 0.231 e. The van der Waals surface area contributed by atoms with E-state index in [1.807, 2.05) is 18.2 Å². The fraction of sp³-hybridized carbons (Fsp3) is 0.350. The Morgan fingerprint density at radius 2 is 1.81 bits per heavy atom. The Labute approximate surface area is 173 Å². The van der Waals surface area contributed by atoms with Gasteiger partial charge in [-0.3, -0.25) is 4.79 Å². The zero-order chi connectivity index (χ0) is 19.3. The smallest absolute Gasteiger partial charge is 0.231 e. The molecule has 2 aromatic carbocycles. The van der Waals surface area contributed by atoms with Crippen LogP contribution in [0.4, 0.5) is 0 Å². The Kier molecular flexibility index (Phi) is 6.88. The van der Waals surface area contributed by atoms with Gasteiger partial charge in [-0.1, -0.05) is 46.9 Å². The average molecular weight is 429 g/mol. The summed E-state index contributed by atoms with van der Waals surface area (Å²) in [5.41, 5.74) is 0.0563. The summed E-state index contributed by atoms with van der Waals surface area (Å²) in [7, 11) is 0. The lowest BCUT2D eigenvalue weighted by molar-refractivity contribution is -0.130. The van der Waals surface area contributed by atoms with Crippen molar-refractivity contribution in [3.63, 3.8) is 0 Å². The van der Waals surface area contributed by atoms with E-state index in [-0.39, 0.29) is 5.91 Å². The second kappa shape index (κ2) is 9.16. The number of halogens is 3. The number of nitrogens with one attached hydrogen (secondary N) is 1.